The minimum absolute atomic E-state index is 0.0669. The van der Waals surface area contributed by atoms with Crippen LogP contribution in [0.4, 0.5) is 5.82 Å². The van der Waals surface area contributed by atoms with Gasteiger partial charge in [-0.15, -0.1) is 0 Å². The maximum absolute atomic E-state index is 12.7. The van der Waals surface area contributed by atoms with Gasteiger partial charge < -0.3 is 31.7 Å². The summed E-state index contributed by atoms with van der Waals surface area (Å²) in [6.07, 6.45) is 3.67. The number of nitrogen functional groups attached to an aromatic ring is 1. The average Bonchev–Trinajstić information content (AvgIpc) is 3.43. The number of ether oxygens (including phenoxy) is 1. The zero-order valence-corrected chi connectivity index (χ0v) is 18.4. The first-order valence-electron chi connectivity index (χ1n) is 11.4. The number of fused-ring (bicyclic) bond motifs is 1. The Morgan fingerprint density at radius 3 is 2.53 bits per heavy atom. The Hall–Kier alpha value is -2.38. The fourth-order valence-corrected chi connectivity index (χ4v) is 4.09. The number of amides is 1. The van der Waals surface area contributed by atoms with Crippen LogP contribution in [0.2, 0.25) is 0 Å². The maximum atomic E-state index is 12.7. The lowest BCUT2D eigenvalue weighted by Gasteiger charge is -2.24. The van der Waals surface area contributed by atoms with Crippen LogP contribution in [0.5, 0.6) is 0 Å². The van der Waals surface area contributed by atoms with Crippen molar-refractivity contribution in [1.29, 1.82) is 0 Å². The minimum Gasteiger partial charge on any atom is -0.382 e. The molecule has 4 rings (SSSR count). The fourth-order valence-electron chi connectivity index (χ4n) is 4.09. The molecule has 12 nitrogen and oxygen atoms in total. The van der Waals surface area contributed by atoms with Crippen molar-refractivity contribution in [3.8, 4) is 0 Å². The van der Waals surface area contributed by atoms with Gasteiger partial charge in [0, 0.05) is 65.4 Å². The highest BCUT2D eigenvalue weighted by Gasteiger charge is 2.32. The summed E-state index contributed by atoms with van der Waals surface area (Å²) in [5, 5.41) is 13.4. The van der Waals surface area contributed by atoms with Gasteiger partial charge in [0.15, 0.2) is 11.5 Å². The smallest absolute Gasteiger partial charge is 0.249 e. The quantitative estimate of drug-likeness (QED) is 0.359. The Morgan fingerprint density at radius 2 is 1.78 bits per heavy atom. The normalized spacial score (nSPS) is 24.1. The summed E-state index contributed by atoms with van der Waals surface area (Å²) in [6, 6.07) is 0. The van der Waals surface area contributed by atoms with Gasteiger partial charge in [-0.2, -0.15) is 0 Å². The van der Waals surface area contributed by atoms with Crippen molar-refractivity contribution < 1.29 is 9.53 Å². The van der Waals surface area contributed by atoms with E-state index in [9.17, 15) is 4.79 Å². The average molecular weight is 447 g/mol. The second-order valence-electron chi connectivity index (χ2n) is 8.12. The summed E-state index contributed by atoms with van der Waals surface area (Å²) in [7, 11) is 0. The van der Waals surface area contributed by atoms with E-state index in [-0.39, 0.29) is 12.1 Å². The van der Waals surface area contributed by atoms with Crippen molar-refractivity contribution >= 4 is 22.9 Å². The molecule has 2 atom stereocenters. The van der Waals surface area contributed by atoms with E-state index in [2.05, 4.69) is 41.1 Å². The lowest BCUT2D eigenvalue weighted by molar-refractivity contribution is -0.133. The number of imidazole rings is 1. The number of aromatic nitrogens is 4. The number of carbonyl (C=O) groups is 1. The van der Waals surface area contributed by atoms with Crippen LogP contribution in [0.1, 0.15) is 19.1 Å². The van der Waals surface area contributed by atoms with Crippen molar-refractivity contribution in [1.82, 2.24) is 45.7 Å². The van der Waals surface area contributed by atoms with Crippen molar-refractivity contribution in [2.75, 3.05) is 71.2 Å². The summed E-state index contributed by atoms with van der Waals surface area (Å²) < 4.78 is 7.85. The predicted octanol–water partition coefficient (Wildman–Crippen LogP) is -1.71. The monoisotopic (exact) mass is 446 g/mol. The molecule has 6 N–H and O–H groups in total. The highest BCUT2D eigenvalue weighted by Crippen LogP contribution is 2.30. The second-order valence-corrected chi connectivity index (χ2v) is 8.12. The van der Waals surface area contributed by atoms with Crippen LogP contribution in [-0.4, -0.2) is 102 Å². The maximum Gasteiger partial charge on any atom is 0.249 e. The van der Waals surface area contributed by atoms with Crippen LogP contribution in [0, 0.1) is 0 Å². The largest absolute Gasteiger partial charge is 0.382 e. The molecule has 0 aliphatic carbocycles. The summed E-state index contributed by atoms with van der Waals surface area (Å²) in [4.78, 5) is 27.6. The van der Waals surface area contributed by atoms with Gasteiger partial charge in [0.2, 0.25) is 5.91 Å². The number of anilines is 1. The number of hydrogen-bond donors (Lipinski definition) is 5. The van der Waals surface area contributed by atoms with Gasteiger partial charge >= 0.3 is 0 Å². The molecule has 2 aromatic rings. The molecule has 12 heteroatoms. The standard InChI is InChI=1S/C20H34N10O2/c21-18-17-19(27-13-26-18)30(14-28-17)16-2-1-15(32-16)20(31)25-9-12-29-10-7-23-5-3-22-4-6-24-8-11-29/h13-16,22-24H,1-12H2,(H,25,31)(H2,21,26,27)/t15-,16+/m0/s1. The van der Waals surface area contributed by atoms with Crippen LogP contribution in [-0.2, 0) is 9.53 Å². The third-order valence-corrected chi connectivity index (χ3v) is 5.88. The molecule has 4 heterocycles. The topological polar surface area (TPSA) is 147 Å². The molecular weight excluding hydrogens is 412 g/mol. The molecule has 0 bridgehead atoms. The first-order valence-corrected chi connectivity index (χ1v) is 11.4. The van der Waals surface area contributed by atoms with Crippen molar-refractivity contribution in [3.63, 3.8) is 0 Å². The molecule has 1 amide bonds. The number of nitrogens with one attached hydrogen (secondary N) is 4. The number of nitrogens with zero attached hydrogens (tertiary/aromatic N) is 5. The summed E-state index contributed by atoms with van der Waals surface area (Å²) in [5.74, 6) is 0.271. The van der Waals surface area contributed by atoms with Crippen molar-refractivity contribution in [3.05, 3.63) is 12.7 Å². The van der Waals surface area contributed by atoms with Gasteiger partial charge in [-0.25, -0.2) is 15.0 Å². The number of carbonyl (C=O) groups excluding carboxylic acids is 1. The van der Waals surface area contributed by atoms with Crippen LogP contribution in [0.15, 0.2) is 12.7 Å². The summed E-state index contributed by atoms with van der Waals surface area (Å²) >= 11 is 0. The molecule has 0 radical (unpaired) electrons. The Labute approximate surface area is 187 Å². The van der Waals surface area contributed by atoms with Crippen molar-refractivity contribution in [2.24, 2.45) is 0 Å². The zero-order chi connectivity index (χ0) is 22.2. The third-order valence-electron chi connectivity index (χ3n) is 5.88. The molecule has 176 valence electrons. The van der Waals surface area contributed by atoms with Gasteiger partial charge in [-0.1, -0.05) is 0 Å². The highest BCUT2D eigenvalue weighted by molar-refractivity contribution is 5.82. The van der Waals surface area contributed by atoms with Gasteiger partial charge in [0.1, 0.15) is 24.2 Å². The number of nitrogens with two attached hydrogens (primary N) is 1. The first kappa shape index (κ1) is 22.8. The molecule has 0 unspecified atom stereocenters. The zero-order valence-electron chi connectivity index (χ0n) is 18.4. The second kappa shape index (κ2) is 11.5. The van der Waals surface area contributed by atoms with Gasteiger partial charge in [-0.3, -0.25) is 14.3 Å². The van der Waals surface area contributed by atoms with Crippen LogP contribution < -0.4 is 27.0 Å². The molecule has 2 fully saturated rings. The Morgan fingerprint density at radius 1 is 1.06 bits per heavy atom. The molecule has 2 aliphatic rings. The molecule has 32 heavy (non-hydrogen) atoms. The van der Waals surface area contributed by atoms with Gasteiger partial charge in [-0.05, 0) is 12.8 Å². The van der Waals surface area contributed by atoms with Gasteiger partial charge in [0.05, 0.1) is 6.33 Å². The van der Waals surface area contributed by atoms with Crippen LogP contribution in [0.3, 0.4) is 0 Å². The highest BCUT2D eigenvalue weighted by atomic mass is 16.5. The van der Waals surface area contributed by atoms with E-state index in [1.165, 1.54) is 6.33 Å². The molecule has 2 saturated heterocycles. The summed E-state index contributed by atoms with van der Waals surface area (Å²) in [5.41, 5.74) is 7.04. The summed E-state index contributed by atoms with van der Waals surface area (Å²) in [6.45, 7) is 9.10. The lowest BCUT2D eigenvalue weighted by Crippen LogP contribution is -2.45. The third kappa shape index (κ3) is 5.90. The van der Waals surface area contributed by atoms with E-state index in [1.54, 1.807) is 6.33 Å². The Bertz CT molecular complexity index is 863. The van der Waals surface area contributed by atoms with Crippen LogP contribution >= 0.6 is 0 Å². The van der Waals surface area contributed by atoms with E-state index >= 15 is 0 Å². The van der Waals surface area contributed by atoms with Crippen LogP contribution in [0.25, 0.3) is 11.2 Å². The molecule has 0 saturated carbocycles. The van der Waals surface area contributed by atoms with E-state index in [0.717, 1.165) is 58.9 Å². The molecule has 2 aliphatic heterocycles. The fraction of sp³-hybridized carbons (Fsp3) is 0.700. The molecule has 0 aromatic carbocycles. The molecule has 0 spiro atoms. The van der Waals surface area contributed by atoms with Crippen molar-refractivity contribution in [2.45, 2.75) is 25.2 Å². The number of rotatable bonds is 5. The van der Waals surface area contributed by atoms with E-state index < -0.39 is 6.10 Å². The van der Waals surface area contributed by atoms with Gasteiger partial charge in [0.25, 0.3) is 0 Å². The van der Waals surface area contributed by atoms with E-state index in [4.69, 9.17) is 10.5 Å². The SMILES string of the molecule is Nc1ncnc2c1ncn2[C@H]1CC[C@@H](C(=O)NCCN2CCNCCNCCNCC2)O1. The lowest BCUT2D eigenvalue weighted by atomic mass is 10.2. The number of hydrogen-bond acceptors (Lipinski definition) is 10. The predicted molar refractivity (Wildman–Crippen MR) is 121 cm³/mol. The first-order chi connectivity index (χ1) is 15.7. The molecular formula is C20H34N10O2. The van der Waals surface area contributed by atoms with E-state index in [0.29, 0.717) is 36.4 Å². The Kier molecular flexibility index (Phi) is 8.18. The Balaban J connectivity index is 1.23. The molecule has 2 aromatic heterocycles. The minimum atomic E-state index is -0.473. The van der Waals surface area contributed by atoms with E-state index in [1.807, 2.05) is 4.57 Å².